The summed E-state index contributed by atoms with van der Waals surface area (Å²) < 4.78 is 17.6. The Balaban J connectivity index is 1.32. The average molecular weight is 452 g/mol. The molecule has 9 nitrogen and oxygen atoms in total. The number of nitrogens with zero attached hydrogens (tertiary/aromatic N) is 3. The van der Waals surface area contributed by atoms with Crippen molar-refractivity contribution in [2.24, 2.45) is 0 Å². The van der Waals surface area contributed by atoms with Gasteiger partial charge in [0.05, 0.1) is 12.3 Å². The Hall–Kier alpha value is -3.62. The number of H-pyrrole nitrogens is 1. The maximum Gasteiger partial charge on any atom is 0.255 e. The van der Waals surface area contributed by atoms with Crippen molar-refractivity contribution in [1.82, 2.24) is 20.6 Å². The number of hydrogen-bond donors (Lipinski definition) is 2. The summed E-state index contributed by atoms with van der Waals surface area (Å²) in [6.07, 6.45) is 6.81. The predicted octanol–water partition coefficient (Wildman–Crippen LogP) is 4.70. The second-order valence-electron chi connectivity index (χ2n) is 7.92. The van der Waals surface area contributed by atoms with E-state index >= 15 is 0 Å². The van der Waals surface area contributed by atoms with Gasteiger partial charge in [-0.15, -0.1) is 10.2 Å². The first kappa shape index (κ1) is 22.6. The Morgan fingerprint density at radius 2 is 1.94 bits per heavy atom. The minimum absolute atomic E-state index is 0.254. The molecule has 0 spiro atoms. The molecule has 2 aromatic carbocycles. The molecule has 9 heteroatoms. The molecule has 1 aliphatic heterocycles. The van der Waals surface area contributed by atoms with Gasteiger partial charge in [-0.2, -0.15) is 5.21 Å². The minimum Gasteiger partial charge on any atom is -0.494 e. The number of ether oxygens (including phenoxy) is 3. The number of aromatic amines is 1. The van der Waals surface area contributed by atoms with Crippen LogP contribution in [0.25, 0.3) is 0 Å². The lowest BCUT2D eigenvalue weighted by atomic mass is 10.1. The van der Waals surface area contributed by atoms with E-state index in [1.54, 1.807) is 30.3 Å². The smallest absolute Gasteiger partial charge is 0.255 e. The van der Waals surface area contributed by atoms with Crippen LogP contribution in [-0.2, 0) is 0 Å². The van der Waals surface area contributed by atoms with Crippen LogP contribution in [-0.4, -0.2) is 39.7 Å². The number of rotatable bonds is 11. The monoisotopic (exact) mass is 451 g/mol. The second kappa shape index (κ2) is 11.3. The maximum absolute atomic E-state index is 12.8. The molecule has 1 aromatic heterocycles. The number of tetrazole rings is 1. The molecule has 0 aliphatic carbocycles. The van der Waals surface area contributed by atoms with Gasteiger partial charge in [0.25, 0.3) is 5.91 Å². The van der Waals surface area contributed by atoms with Gasteiger partial charge in [-0.3, -0.25) is 4.79 Å². The number of benzene rings is 2. The number of fused-ring (bicyclic) bond motifs is 1. The fourth-order valence-electron chi connectivity index (χ4n) is 3.59. The van der Waals surface area contributed by atoms with Crippen LogP contribution in [0.1, 0.15) is 67.7 Å². The van der Waals surface area contributed by atoms with E-state index in [1.807, 2.05) is 12.1 Å². The number of nitrogens with one attached hydrogen (secondary N) is 2. The van der Waals surface area contributed by atoms with Crippen molar-refractivity contribution >= 4 is 11.6 Å². The highest BCUT2D eigenvalue weighted by molar-refractivity contribution is 6.05. The van der Waals surface area contributed by atoms with Crippen molar-refractivity contribution in [1.29, 1.82) is 0 Å². The normalized spacial score (nSPS) is 14.6. The molecule has 2 N–H and O–H groups in total. The largest absolute Gasteiger partial charge is 0.494 e. The van der Waals surface area contributed by atoms with Gasteiger partial charge in [-0.25, -0.2) is 0 Å². The quantitative estimate of drug-likeness (QED) is 0.406. The molecule has 3 aromatic rings. The molecule has 33 heavy (non-hydrogen) atoms. The van der Waals surface area contributed by atoms with E-state index < -0.39 is 6.10 Å². The molecule has 4 rings (SSSR count). The Morgan fingerprint density at radius 3 is 2.73 bits per heavy atom. The Bertz CT molecular complexity index is 1020. The van der Waals surface area contributed by atoms with Crippen LogP contribution in [0.5, 0.6) is 17.2 Å². The lowest BCUT2D eigenvalue weighted by Crippen LogP contribution is -2.24. The summed E-state index contributed by atoms with van der Waals surface area (Å²) in [5, 5.41) is 16.8. The van der Waals surface area contributed by atoms with Crippen LogP contribution < -0.4 is 19.5 Å². The van der Waals surface area contributed by atoms with Gasteiger partial charge in [0, 0.05) is 5.56 Å². The SMILES string of the molecule is CCCCCCCCOc1ccc(C(=O)Nc2cccc3c2OC(c2nn[nH]n2)CO3)cc1. The number of anilines is 1. The predicted molar refractivity (Wildman–Crippen MR) is 123 cm³/mol. The van der Waals surface area contributed by atoms with Gasteiger partial charge in [-0.05, 0) is 42.8 Å². The highest BCUT2D eigenvalue weighted by Gasteiger charge is 2.28. The minimum atomic E-state index is -0.516. The van der Waals surface area contributed by atoms with Crippen molar-refractivity contribution < 1.29 is 19.0 Å². The number of hydrogen-bond acceptors (Lipinski definition) is 7. The summed E-state index contributed by atoms with van der Waals surface area (Å²) in [6.45, 7) is 3.16. The molecule has 1 atom stereocenters. The van der Waals surface area contributed by atoms with E-state index in [0.717, 1.165) is 12.2 Å². The van der Waals surface area contributed by atoms with Gasteiger partial charge >= 0.3 is 0 Å². The molecule has 1 aliphatic rings. The number of amides is 1. The summed E-state index contributed by atoms with van der Waals surface area (Å²) in [5.74, 6) is 1.88. The highest BCUT2D eigenvalue weighted by atomic mass is 16.6. The Labute approximate surface area is 192 Å². The van der Waals surface area contributed by atoms with Gasteiger partial charge < -0.3 is 19.5 Å². The van der Waals surface area contributed by atoms with Gasteiger partial charge in [-0.1, -0.05) is 50.3 Å². The molecule has 1 unspecified atom stereocenters. The highest BCUT2D eigenvalue weighted by Crippen LogP contribution is 2.41. The molecule has 0 radical (unpaired) electrons. The number of carbonyl (C=O) groups excluding carboxylic acids is 1. The van der Waals surface area contributed by atoms with Crippen LogP contribution >= 0.6 is 0 Å². The average Bonchev–Trinajstić information content (AvgIpc) is 3.39. The zero-order valence-corrected chi connectivity index (χ0v) is 18.8. The summed E-state index contributed by atoms with van der Waals surface area (Å²) in [4.78, 5) is 12.8. The van der Waals surface area contributed by atoms with Crippen molar-refractivity contribution in [2.75, 3.05) is 18.5 Å². The first-order valence-electron chi connectivity index (χ1n) is 11.4. The fraction of sp³-hybridized carbons (Fsp3) is 0.417. The molecule has 1 amide bonds. The van der Waals surface area contributed by atoms with Crippen LogP contribution in [0, 0.1) is 0 Å². The standard InChI is InChI=1S/C24H29N5O4/c1-2-3-4-5-6-7-15-31-18-13-11-17(12-14-18)24(30)25-19-9-8-10-20-22(19)33-21(16-32-20)23-26-28-29-27-23/h8-14,21H,2-7,15-16H2,1H3,(H,25,30)(H,26,27,28,29). The third-order valence-electron chi connectivity index (χ3n) is 5.41. The number of unbranched alkanes of at least 4 members (excludes halogenated alkanes) is 5. The second-order valence-corrected chi connectivity index (χ2v) is 7.92. The number of para-hydroxylation sites is 1. The summed E-state index contributed by atoms with van der Waals surface area (Å²) in [7, 11) is 0. The summed E-state index contributed by atoms with van der Waals surface area (Å²) in [6, 6.07) is 12.5. The molecule has 0 saturated heterocycles. The van der Waals surface area contributed by atoms with Crippen molar-refractivity contribution in [2.45, 2.75) is 51.6 Å². The first-order chi connectivity index (χ1) is 16.2. The Morgan fingerprint density at radius 1 is 1.12 bits per heavy atom. The van der Waals surface area contributed by atoms with E-state index in [4.69, 9.17) is 14.2 Å². The van der Waals surface area contributed by atoms with E-state index in [0.29, 0.717) is 35.2 Å². The van der Waals surface area contributed by atoms with Crippen molar-refractivity contribution in [3.8, 4) is 17.2 Å². The molecule has 174 valence electrons. The van der Waals surface area contributed by atoms with E-state index in [-0.39, 0.29) is 12.5 Å². The lowest BCUT2D eigenvalue weighted by Gasteiger charge is -2.26. The van der Waals surface area contributed by atoms with Crippen molar-refractivity contribution in [3.05, 3.63) is 53.9 Å². The molecular weight excluding hydrogens is 422 g/mol. The van der Waals surface area contributed by atoms with Crippen molar-refractivity contribution in [3.63, 3.8) is 0 Å². The zero-order chi connectivity index (χ0) is 22.9. The summed E-state index contributed by atoms with van der Waals surface area (Å²) in [5.41, 5.74) is 1.03. The fourth-order valence-corrected chi connectivity index (χ4v) is 3.59. The van der Waals surface area contributed by atoms with Gasteiger partial charge in [0.1, 0.15) is 12.4 Å². The van der Waals surface area contributed by atoms with Crippen LogP contribution in [0.2, 0.25) is 0 Å². The molecule has 0 saturated carbocycles. The number of aromatic nitrogens is 4. The van der Waals surface area contributed by atoms with E-state index in [1.165, 1.54) is 32.1 Å². The maximum atomic E-state index is 12.8. The van der Waals surface area contributed by atoms with E-state index in [9.17, 15) is 4.79 Å². The number of carbonyl (C=O) groups is 1. The topological polar surface area (TPSA) is 111 Å². The van der Waals surface area contributed by atoms with Gasteiger partial charge in [0.2, 0.25) is 5.82 Å². The molecule has 0 fully saturated rings. The van der Waals surface area contributed by atoms with Crippen LogP contribution in [0.4, 0.5) is 5.69 Å². The van der Waals surface area contributed by atoms with E-state index in [2.05, 4.69) is 32.9 Å². The summed E-state index contributed by atoms with van der Waals surface area (Å²) >= 11 is 0. The third-order valence-corrected chi connectivity index (χ3v) is 5.41. The third kappa shape index (κ3) is 6.00. The van der Waals surface area contributed by atoms with Crippen LogP contribution in [0.15, 0.2) is 42.5 Å². The lowest BCUT2D eigenvalue weighted by molar-refractivity contribution is 0.0856. The Kier molecular flexibility index (Phi) is 7.73. The first-order valence-corrected chi connectivity index (χ1v) is 11.4. The van der Waals surface area contributed by atoms with Gasteiger partial charge in [0.15, 0.2) is 17.6 Å². The molecular formula is C24H29N5O4. The van der Waals surface area contributed by atoms with Crippen LogP contribution in [0.3, 0.4) is 0 Å². The molecule has 0 bridgehead atoms. The zero-order valence-electron chi connectivity index (χ0n) is 18.8. The molecule has 2 heterocycles.